The lowest BCUT2D eigenvalue weighted by Crippen LogP contribution is -2.47. The van der Waals surface area contributed by atoms with E-state index in [4.69, 9.17) is 0 Å². The summed E-state index contributed by atoms with van der Waals surface area (Å²) in [6.45, 7) is 6.88. The first-order valence-electron chi connectivity index (χ1n) is 15.8. The van der Waals surface area contributed by atoms with Gasteiger partial charge in [-0.2, -0.15) is 0 Å². The number of rotatable bonds is 11. The lowest BCUT2D eigenvalue weighted by molar-refractivity contribution is 0.0738. The molecule has 216 valence electrons. The van der Waals surface area contributed by atoms with Crippen LogP contribution in [-0.2, 0) is 19.3 Å². The minimum Gasteiger partial charge on any atom is -0.369 e. The standard InChI is InChI=1S/C38H43N3O/c42-38-37-30-36(19-18-34(37)21-24-41(38)22-10-15-31-11-4-1-5-12-31)40-27-25-39(26-28-40)23-20-35(33-16-8-3-9-17-33)29-32-13-6-2-7-14-32/h1-9,11-14,16-19,30,35H,10,15,20-29H2. The molecule has 1 amide bonds. The summed E-state index contributed by atoms with van der Waals surface area (Å²) < 4.78 is 0. The Bertz CT molecular complexity index is 1410. The van der Waals surface area contributed by atoms with Crippen LogP contribution >= 0.6 is 0 Å². The number of hydrogen-bond acceptors (Lipinski definition) is 3. The fourth-order valence-corrected chi connectivity index (χ4v) is 6.62. The molecule has 0 aliphatic carbocycles. The average Bonchev–Trinajstić information content (AvgIpc) is 3.06. The molecule has 1 fully saturated rings. The van der Waals surface area contributed by atoms with Crippen LogP contribution in [0.15, 0.2) is 109 Å². The Morgan fingerprint density at radius 1 is 0.667 bits per heavy atom. The number of anilines is 1. The quantitative estimate of drug-likeness (QED) is 0.202. The maximum atomic E-state index is 13.4. The Labute approximate surface area is 251 Å². The van der Waals surface area contributed by atoms with E-state index in [9.17, 15) is 4.79 Å². The van der Waals surface area contributed by atoms with Gasteiger partial charge in [0.1, 0.15) is 0 Å². The molecule has 1 atom stereocenters. The third-order valence-corrected chi connectivity index (χ3v) is 9.13. The Hall–Kier alpha value is -3.89. The van der Waals surface area contributed by atoms with Gasteiger partial charge in [-0.15, -0.1) is 0 Å². The second kappa shape index (κ2) is 13.8. The van der Waals surface area contributed by atoms with E-state index in [0.717, 1.165) is 83.5 Å². The molecule has 6 rings (SSSR count). The van der Waals surface area contributed by atoms with Crippen LogP contribution in [0.1, 0.15) is 51.4 Å². The molecule has 1 unspecified atom stereocenters. The van der Waals surface area contributed by atoms with E-state index in [1.165, 1.54) is 27.9 Å². The van der Waals surface area contributed by atoms with E-state index in [1.54, 1.807) is 0 Å². The molecule has 0 saturated carbocycles. The maximum absolute atomic E-state index is 13.4. The third kappa shape index (κ3) is 7.11. The van der Waals surface area contributed by atoms with Crippen molar-refractivity contribution >= 4 is 11.6 Å². The van der Waals surface area contributed by atoms with Gasteiger partial charge in [-0.3, -0.25) is 9.69 Å². The SMILES string of the molecule is O=C1c2cc(N3CCN(CCC(Cc4ccccc4)c4ccccc4)CC3)ccc2CCN1CCCc1ccccc1. The monoisotopic (exact) mass is 557 g/mol. The van der Waals surface area contributed by atoms with Crippen molar-refractivity contribution < 1.29 is 4.79 Å². The van der Waals surface area contributed by atoms with Crippen LogP contribution in [0.25, 0.3) is 0 Å². The van der Waals surface area contributed by atoms with Crippen molar-refractivity contribution in [3.63, 3.8) is 0 Å². The minimum atomic E-state index is 0.204. The van der Waals surface area contributed by atoms with Crippen molar-refractivity contribution in [3.05, 3.63) is 137 Å². The molecular weight excluding hydrogens is 514 g/mol. The molecule has 2 heterocycles. The maximum Gasteiger partial charge on any atom is 0.254 e. The van der Waals surface area contributed by atoms with Crippen LogP contribution in [0.2, 0.25) is 0 Å². The number of hydrogen-bond donors (Lipinski definition) is 0. The number of carbonyl (C=O) groups excluding carboxylic acids is 1. The highest BCUT2D eigenvalue weighted by Crippen LogP contribution is 2.28. The fourth-order valence-electron chi connectivity index (χ4n) is 6.62. The van der Waals surface area contributed by atoms with Gasteiger partial charge in [0.05, 0.1) is 0 Å². The summed E-state index contributed by atoms with van der Waals surface area (Å²) in [5.74, 6) is 0.726. The van der Waals surface area contributed by atoms with Crippen molar-refractivity contribution in [1.82, 2.24) is 9.80 Å². The van der Waals surface area contributed by atoms with Gasteiger partial charge >= 0.3 is 0 Å². The second-order valence-electron chi connectivity index (χ2n) is 11.9. The first kappa shape index (κ1) is 28.2. The minimum absolute atomic E-state index is 0.204. The molecule has 4 nitrogen and oxygen atoms in total. The van der Waals surface area contributed by atoms with Crippen LogP contribution in [0.3, 0.4) is 0 Å². The molecule has 4 aromatic carbocycles. The van der Waals surface area contributed by atoms with Gasteiger partial charge < -0.3 is 9.80 Å². The molecule has 0 radical (unpaired) electrons. The Kier molecular flexibility index (Phi) is 9.31. The third-order valence-electron chi connectivity index (χ3n) is 9.13. The van der Waals surface area contributed by atoms with Crippen molar-refractivity contribution in [2.75, 3.05) is 50.7 Å². The second-order valence-corrected chi connectivity index (χ2v) is 11.9. The van der Waals surface area contributed by atoms with E-state index in [0.29, 0.717) is 5.92 Å². The molecule has 42 heavy (non-hydrogen) atoms. The molecule has 4 heteroatoms. The van der Waals surface area contributed by atoms with E-state index in [1.807, 2.05) is 0 Å². The summed E-state index contributed by atoms with van der Waals surface area (Å²) in [7, 11) is 0. The summed E-state index contributed by atoms with van der Waals surface area (Å²) in [6, 6.07) is 39.1. The predicted molar refractivity (Wildman–Crippen MR) is 173 cm³/mol. The van der Waals surface area contributed by atoms with E-state index < -0.39 is 0 Å². The number of piperazine rings is 1. The number of amides is 1. The normalized spacial score (nSPS) is 16.3. The van der Waals surface area contributed by atoms with Crippen molar-refractivity contribution in [1.29, 1.82) is 0 Å². The number of carbonyl (C=O) groups is 1. The van der Waals surface area contributed by atoms with Gasteiger partial charge in [-0.05, 0) is 79.0 Å². The molecule has 0 aromatic heterocycles. The lowest BCUT2D eigenvalue weighted by atomic mass is 9.89. The van der Waals surface area contributed by atoms with Crippen LogP contribution < -0.4 is 4.90 Å². The first-order valence-corrected chi connectivity index (χ1v) is 15.8. The van der Waals surface area contributed by atoms with Gasteiger partial charge in [0, 0.05) is 50.5 Å². The average molecular weight is 558 g/mol. The van der Waals surface area contributed by atoms with Gasteiger partial charge in [0.2, 0.25) is 0 Å². The molecule has 2 aliphatic rings. The summed E-state index contributed by atoms with van der Waals surface area (Å²) in [5.41, 5.74) is 7.50. The van der Waals surface area contributed by atoms with Crippen molar-refractivity contribution in [2.24, 2.45) is 0 Å². The Morgan fingerprint density at radius 2 is 1.33 bits per heavy atom. The Balaban J connectivity index is 1.02. The number of aryl methyl sites for hydroxylation is 1. The highest BCUT2D eigenvalue weighted by molar-refractivity contribution is 5.97. The van der Waals surface area contributed by atoms with E-state index in [-0.39, 0.29) is 5.91 Å². The predicted octanol–water partition coefficient (Wildman–Crippen LogP) is 6.86. The van der Waals surface area contributed by atoms with Gasteiger partial charge in [0.15, 0.2) is 0 Å². The van der Waals surface area contributed by atoms with Crippen LogP contribution in [-0.4, -0.2) is 61.5 Å². The molecule has 0 bridgehead atoms. The molecular formula is C38H43N3O. The summed E-state index contributed by atoms with van der Waals surface area (Å²) >= 11 is 0. The van der Waals surface area contributed by atoms with Gasteiger partial charge in [-0.25, -0.2) is 0 Å². The lowest BCUT2D eigenvalue weighted by Gasteiger charge is -2.37. The highest BCUT2D eigenvalue weighted by Gasteiger charge is 2.26. The van der Waals surface area contributed by atoms with Gasteiger partial charge in [0.25, 0.3) is 5.91 Å². The highest BCUT2D eigenvalue weighted by atomic mass is 16.2. The zero-order valence-electron chi connectivity index (χ0n) is 24.7. The van der Waals surface area contributed by atoms with E-state index in [2.05, 4.69) is 124 Å². The largest absolute Gasteiger partial charge is 0.369 e. The molecule has 4 aromatic rings. The number of nitrogens with zero attached hydrogens (tertiary/aromatic N) is 3. The molecule has 0 spiro atoms. The van der Waals surface area contributed by atoms with Crippen molar-refractivity contribution in [2.45, 2.75) is 38.0 Å². The fraction of sp³-hybridized carbons (Fsp3) is 0.342. The number of benzene rings is 4. The first-order chi connectivity index (χ1) is 20.7. The van der Waals surface area contributed by atoms with Crippen LogP contribution in [0.5, 0.6) is 0 Å². The van der Waals surface area contributed by atoms with E-state index >= 15 is 0 Å². The molecule has 0 N–H and O–H groups in total. The smallest absolute Gasteiger partial charge is 0.254 e. The van der Waals surface area contributed by atoms with Crippen LogP contribution in [0.4, 0.5) is 5.69 Å². The topological polar surface area (TPSA) is 26.8 Å². The molecule has 2 aliphatic heterocycles. The van der Waals surface area contributed by atoms with Crippen molar-refractivity contribution in [3.8, 4) is 0 Å². The molecule has 1 saturated heterocycles. The zero-order valence-corrected chi connectivity index (χ0v) is 24.7. The summed E-state index contributed by atoms with van der Waals surface area (Å²) in [4.78, 5) is 20.6. The zero-order chi connectivity index (χ0) is 28.6. The van der Waals surface area contributed by atoms with Gasteiger partial charge in [-0.1, -0.05) is 97.1 Å². The Morgan fingerprint density at radius 3 is 2.05 bits per heavy atom. The summed E-state index contributed by atoms with van der Waals surface area (Å²) in [6.07, 6.45) is 5.21. The summed E-state index contributed by atoms with van der Waals surface area (Å²) in [5, 5.41) is 0. The van der Waals surface area contributed by atoms with Crippen LogP contribution in [0, 0.1) is 0 Å². The number of fused-ring (bicyclic) bond motifs is 1.